The largest absolute Gasteiger partial charge is 0.445 e. The zero-order valence-corrected chi connectivity index (χ0v) is 15.3. The number of hydrogen-bond acceptors (Lipinski definition) is 7. The van der Waals surface area contributed by atoms with Gasteiger partial charge in [0.2, 0.25) is 5.75 Å². The monoisotopic (exact) mass is 368 g/mol. The van der Waals surface area contributed by atoms with E-state index < -0.39 is 0 Å². The summed E-state index contributed by atoms with van der Waals surface area (Å²) in [5.74, 6) is 1.12. The maximum Gasteiger partial charge on any atom is 0.265 e. The van der Waals surface area contributed by atoms with E-state index >= 15 is 0 Å². The second-order valence-corrected chi connectivity index (χ2v) is 6.21. The first-order chi connectivity index (χ1) is 13.0. The number of nitrogens with zero attached hydrogens (tertiary/aromatic N) is 2. The van der Waals surface area contributed by atoms with Crippen molar-refractivity contribution in [1.82, 2.24) is 10.3 Å². The number of nitriles is 1. The van der Waals surface area contributed by atoms with Crippen LogP contribution in [0.3, 0.4) is 0 Å². The number of anilines is 1. The fraction of sp³-hybridized carbons (Fsp3) is 0.316. The number of nitrogens with one attached hydrogen (secondary N) is 2. The summed E-state index contributed by atoms with van der Waals surface area (Å²) in [6, 6.07) is 6.98. The molecule has 0 bridgehead atoms. The van der Waals surface area contributed by atoms with Gasteiger partial charge in [0.15, 0.2) is 11.5 Å². The number of rotatable bonds is 6. The smallest absolute Gasteiger partial charge is 0.265 e. The van der Waals surface area contributed by atoms with Gasteiger partial charge in [0.25, 0.3) is 11.8 Å². The van der Waals surface area contributed by atoms with Crippen LogP contribution in [-0.4, -0.2) is 37.2 Å². The van der Waals surface area contributed by atoms with Crippen molar-refractivity contribution in [2.24, 2.45) is 0 Å². The number of fused-ring (bicyclic) bond motifs is 2. The van der Waals surface area contributed by atoms with Gasteiger partial charge in [-0.1, -0.05) is 0 Å². The number of aromatic nitrogens is 1. The molecule has 2 aromatic rings. The average molecular weight is 368 g/mol. The van der Waals surface area contributed by atoms with Gasteiger partial charge in [0, 0.05) is 32.0 Å². The molecule has 0 atom stereocenters. The van der Waals surface area contributed by atoms with Crippen LogP contribution in [0.5, 0.6) is 23.1 Å². The van der Waals surface area contributed by atoms with Gasteiger partial charge in [-0.15, -0.1) is 0 Å². The number of benzene rings is 1. The van der Waals surface area contributed by atoms with Crippen molar-refractivity contribution in [1.29, 1.82) is 5.26 Å². The quantitative estimate of drug-likeness (QED) is 0.644. The first-order valence-electron chi connectivity index (χ1n) is 8.50. The van der Waals surface area contributed by atoms with Gasteiger partial charge in [-0.3, -0.25) is 4.79 Å². The number of ether oxygens (including phenoxy) is 3. The van der Waals surface area contributed by atoms with Crippen LogP contribution in [0.4, 0.5) is 5.69 Å². The molecular formula is C19H20N4O4. The zero-order valence-electron chi connectivity index (χ0n) is 15.3. The predicted octanol–water partition coefficient (Wildman–Crippen LogP) is 3.05. The fourth-order valence-corrected chi connectivity index (χ4v) is 2.56. The summed E-state index contributed by atoms with van der Waals surface area (Å²) in [7, 11) is 1.57. The van der Waals surface area contributed by atoms with E-state index in [0.29, 0.717) is 47.2 Å². The molecule has 1 aromatic heterocycles. The summed E-state index contributed by atoms with van der Waals surface area (Å²) >= 11 is 0. The van der Waals surface area contributed by atoms with E-state index in [4.69, 9.17) is 19.5 Å². The number of hydrogen-bond donors (Lipinski definition) is 2. The third-order valence-electron chi connectivity index (χ3n) is 3.76. The van der Waals surface area contributed by atoms with E-state index in [9.17, 15) is 4.79 Å². The summed E-state index contributed by atoms with van der Waals surface area (Å²) < 4.78 is 16.7. The molecule has 2 heterocycles. The predicted molar refractivity (Wildman–Crippen MR) is 98.5 cm³/mol. The minimum Gasteiger partial charge on any atom is -0.445 e. The van der Waals surface area contributed by atoms with E-state index in [1.807, 2.05) is 13.8 Å². The molecule has 0 saturated carbocycles. The maximum absolute atomic E-state index is 12.6. The fourth-order valence-electron chi connectivity index (χ4n) is 2.56. The number of carbonyl (C=O) groups excluding carboxylic acids is 1. The minimum atomic E-state index is -0.300. The molecular weight excluding hydrogens is 348 g/mol. The van der Waals surface area contributed by atoms with Crippen LogP contribution < -0.4 is 20.1 Å². The molecule has 0 saturated heterocycles. The number of carbonyl (C=O) groups is 1. The number of methoxy groups -OCH3 is 1. The van der Waals surface area contributed by atoms with Crippen LogP contribution in [0.25, 0.3) is 0 Å². The van der Waals surface area contributed by atoms with Crippen molar-refractivity contribution < 1.29 is 19.0 Å². The lowest BCUT2D eigenvalue weighted by Gasteiger charge is -2.24. The lowest BCUT2D eigenvalue weighted by atomic mass is 10.1. The molecule has 0 spiro atoms. The molecule has 0 radical (unpaired) electrons. The molecule has 1 aliphatic rings. The van der Waals surface area contributed by atoms with Gasteiger partial charge in [-0.25, -0.2) is 4.98 Å². The van der Waals surface area contributed by atoms with Crippen molar-refractivity contribution in [3.63, 3.8) is 0 Å². The molecule has 8 heteroatoms. The Morgan fingerprint density at radius 1 is 1.33 bits per heavy atom. The second-order valence-electron chi connectivity index (χ2n) is 6.21. The Morgan fingerprint density at radius 3 is 2.85 bits per heavy atom. The van der Waals surface area contributed by atoms with Gasteiger partial charge < -0.3 is 24.8 Å². The summed E-state index contributed by atoms with van der Waals surface area (Å²) in [4.78, 5) is 16.8. The van der Waals surface area contributed by atoms with Crippen LogP contribution in [0.1, 0.15) is 29.8 Å². The molecule has 2 N–H and O–H groups in total. The van der Waals surface area contributed by atoms with Crippen molar-refractivity contribution in [2.75, 3.05) is 25.6 Å². The Labute approximate surface area is 157 Å². The first kappa shape index (κ1) is 18.5. The lowest BCUT2D eigenvalue weighted by molar-refractivity contribution is 0.0937. The minimum absolute atomic E-state index is 0.0393. The molecule has 140 valence electrons. The van der Waals surface area contributed by atoms with Gasteiger partial charge in [-0.05, 0) is 26.0 Å². The van der Waals surface area contributed by atoms with Gasteiger partial charge in [-0.2, -0.15) is 5.26 Å². The van der Waals surface area contributed by atoms with Crippen molar-refractivity contribution in [3.8, 4) is 29.2 Å². The highest BCUT2D eigenvalue weighted by molar-refractivity contribution is 6.01. The lowest BCUT2D eigenvalue weighted by Crippen LogP contribution is -2.28. The third-order valence-corrected chi connectivity index (χ3v) is 3.76. The van der Waals surface area contributed by atoms with Crippen LogP contribution in [0, 0.1) is 11.3 Å². The SMILES string of the molecule is COCCNC(=O)c1cnc2c(c1NC(C)C)Oc1cc(C#N)ccc1O2. The third kappa shape index (κ3) is 3.93. The topological polar surface area (TPSA) is 106 Å². The molecule has 0 unspecified atom stereocenters. The van der Waals surface area contributed by atoms with Gasteiger partial charge in [0.05, 0.1) is 29.5 Å². The molecule has 8 nitrogen and oxygen atoms in total. The highest BCUT2D eigenvalue weighted by atomic mass is 16.6. The van der Waals surface area contributed by atoms with Crippen LogP contribution >= 0.6 is 0 Å². The van der Waals surface area contributed by atoms with Crippen LogP contribution in [-0.2, 0) is 4.74 Å². The van der Waals surface area contributed by atoms with E-state index in [1.54, 1.807) is 25.3 Å². The molecule has 0 fully saturated rings. The Morgan fingerprint density at radius 2 is 2.15 bits per heavy atom. The number of pyridine rings is 1. The Balaban J connectivity index is 1.99. The summed E-state index contributed by atoms with van der Waals surface area (Å²) in [5.41, 5.74) is 1.26. The van der Waals surface area contributed by atoms with Crippen LogP contribution in [0.2, 0.25) is 0 Å². The van der Waals surface area contributed by atoms with E-state index in [0.717, 1.165) is 0 Å². The van der Waals surface area contributed by atoms with Gasteiger partial charge >= 0.3 is 0 Å². The maximum atomic E-state index is 12.6. The van der Waals surface area contributed by atoms with Crippen molar-refractivity contribution in [3.05, 3.63) is 35.5 Å². The molecule has 27 heavy (non-hydrogen) atoms. The highest BCUT2D eigenvalue weighted by Crippen LogP contribution is 2.48. The van der Waals surface area contributed by atoms with E-state index in [-0.39, 0.29) is 17.8 Å². The summed E-state index contributed by atoms with van der Waals surface area (Å²) in [5, 5.41) is 15.1. The standard InChI is InChI=1S/C19H20N4O4/c1-11(2)23-16-13(18(24)21-6-7-25-3)10-22-19-17(16)26-15-8-12(9-20)4-5-14(15)27-19/h4-5,8,10-11H,6-7H2,1-3H3,(H,21,24)(H,22,23). The average Bonchev–Trinajstić information content (AvgIpc) is 2.66. The second kappa shape index (κ2) is 7.93. The Hall–Kier alpha value is -3.31. The first-order valence-corrected chi connectivity index (χ1v) is 8.50. The van der Waals surface area contributed by atoms with Gasteiger partial charge in [0.1, 0.15) is 0 Å². The summed E-state index contributed by atoms with van der Waals surface area (Å²) in [6.07, 6.45) is 1.45. The molecule has 1 aromatic carbocycles. The molecule has 1 aliphatic heterocycles. The molecule has 0 aliphatic carbocycles. The number of amides is 1. The Kier molecular flexibility index (Phi) is 5.43. The van der Waals surface area contributed by atoms with Crippen LogP contribution in [0.15, 0.2) is 24.4 Å². The highest BCUT2D eigenvalue weighted by Gasteiger charge is 2.28. The summed E-state index contributed by atoms with van der Waals surface area (Å²) in [6.45, 7) is 4.68. The Bertz CT molecular complexity index is 905. The van der Waals surface area contributed by atoms with Crippen molar-refractivity contribution >= 4 is 11.6 Å². The van der Waals surface area contributed by atoms with E-state index in [1.165, 1.54) is 6.20 Å². The molecule has 3 rings (SSSR count). The zero-order chi connectivity index (χ0) is 19.4. The molecule has 1 amide bonds. The van der Waals surface area contributed by atoms with Crippen molar-refractivity contribution in [2.45, 2.75) is 19.9 Å². The normalized spacial score (nSPS) is 11.5. The van der Waals surface area contributed by atoms with E-state index in [2.05, 4.69) is 21.7 Å².